The van der Waals surface area contributed by atoms with Crippen molar-refractivity contribution in [1.82, 2.24) is 19.7 Å². The summed E-state index contributed by atoms with van der Waals surface area (Å²) in [6.45, 7) is -1.31. The number of alkyl halides is 6. The molecule has 2 aromatic carbocycles. The summed E-state index contributed by atoms with van der Waals surface area (Å²) < 4.78 is 96.6. The molecule has 0 aliphatic carbocycles. The Morgan fingerprint density at radius 2 is 1.74 bits per heavy atom. The molecule has 0 radical (unpaired) electrons. The fourth-order valence-electron chi connectivity index (χ4n) is 3.69. The molecule has 39 heavy (non-hydrogen) atoms. The van der Waals surface area contributed by atoms with Crippen molar-refractivity contribution in [2.45, 2.75) is 31.5 Å². The molecule has 2 aromatic heterocycles. The van der Waals surface area contributed by atoms with Gasteiger partial charge < -0.3 is 5.32 Å². The zero-order valence-electron chi connectivity index (χ0n) is 19.4. The lowest BCUT2D eigenvalue weighted by Crippen LogP contribution is -2.41. The lowest BCUT2D eigenvalue weighted by Gasteiger charge is -2.22. The van der Waals surface area contributed by atoms with E-state index in [1.54, 1.807) is 5.32 Å². The van der Waals surface area contributed by atoms with Gasteiger partial charge in [0, 0.05) is 5.56 Å². The number of nitrogens with one attached hydrogen (secondary N) is 1. The van der Waals surface area contributed by atoms with Crippen molar-refractivity contribution in [2.24, 2.45) is 0 Å². The van der Waals surface area contributed by atoms with Crippen molar-refractivity contribution in [3.05, 3.63) is 98.0 Å². The molecule has 0 bridgehead atoms. The SMILES string of the molecule is O=C(Cn1nc(-c2ccc(Cl)s2)n(Cc2ccccc2F)c1=O)NC(c1cccc(C(F)(F)F)c1)C(F)(F)F. The predicted octanol–water partition coefficient (Wildman–Crippen LogP) is 6.05. The van der Waals surface area contributed by atoms with E-state index in [0.717, 1.165) is 28.0 Å². The zero-order valence-corrected chi connectivity index (χ0v) is 20.9. The highest BCUT2D eigenvalue weighted by Gasteiger charge is 2.43. The van der Waals surface area contributed by atoms with Gasteiger partial charge in [-0.3, -0.25) is 9.36 Å². The highest BCUT2D eigenvalue weighted by Crippen LogP contribution is 2.36. The fourth-order valence-corrected chi connectivity index (χ4v) is 4.73. The third-order valence-corrected chi connectivity index (χ3v) is 6.70. The molecule has 4 aromatic rings. The first-order chi connectivity index (χ1) is 18.2. The molecule has 206 valence electrons. The van der Waals surface area contributed by atoms with E-state index in [1.807, 2.05) is 0 Å². The predicted molar refractivity (Wildman–Crippen MR) is 129 cm³/mol. The van der Waals surface area contributed by atoms with Gasteiger partial charge in [-0.25, -0.2) is 13.9 Å². The van der Waals surface area contributed by atoms with Gasteiger partial charge in [0.25, 0.3) is 0 Å². The number of hydrogen-bond acceptors (Lipinski definition) is 4. The zero-order chi connectivity index (χ0) is 28.5. The third kappa shape index (κ3) is 6.50. The van der Waals surface area contributed by atoms with E-state index in [-0.39, 0.29) is 24.0 Å². The van der Waals surface area contributed by atoms with E-state index in [4.69, 9.17) is 11.6 Å². The molecule has 0 aliphatic heterocycles. The largest absolute Gasteiger partial charge is 0.416 e. The van der Waals surface area contributed by atoms with Gasteiger partial charge in [-0.15, -0.1) is 16.4 Å². The quantitative estimate of drug-likeness (QED) is 0.266. The van der Waals surface area contributed by atoms with Crippen LogP contribution >= 0.6 is 22.9 Å². The van der Waals surface area contributed by atoms with Crippen LogP contribution in [0.4, 0.5) is 30.7 Å². The summed E-state index contributed by atoms with van der Waals surface area (Å²) in [5, 5.41) is 5.69. The number of nitrogens with zero attached hydrogens (tertiary/aromatic N) is 3. The first-order valence-corrected chi connectivity index (χ1v) is 12.1. The molecule has 0 spiro atoms. The van der Waals surface area contributed by atoms with Gasteiger partial charge in [0.2, 0.25) is 5.91 Å². The summed E-state index contributed by atoms with van der Waals surface area (Å²) in [7, 11) is 0. The highest BCUT2D eigenvalue weighted by molar-refractivity contribution is 7.19. The molecule has 6 nitrogen and oxygen atoms in total. The smallest absolute Gasteiger partial charge is 0.339 e. The molecule has 0 saturated carbocycles. The van der Waals surface area contributed by atoms with Crippen LogP contribution in [-0.2, 0) is 24.1 Å². The number of hydrogen-bond donors (Lipinski definition) is 1. The van der Waals surface area contributed by atoms with Crippen LogP contribution in [0.3, 0.4) is 0 Å². The molecule has 0 fully saturated rings. The van der Waals surface area contributed by atoms with E-state index < -0.39 is 53.5 Å². The van der Waals surface area contributed by atoms with Crippen molar-refractivity contribution >= 4 is 28.8 Å². The average Bonchev–Trinajstić information content (AvgIpc) is 3.41. The number of carbonyl (C=O) groups excluding carboxylic acids is 1. The first kappa shape index (κ1) is 28.4. The first-order valence-electron chi connectivity index (χ1n) is 10.9. The fraction of sp³-hybridized carbons (Fsp3) is 0.208. The molecular formula is C24H16ClF7N4O2S. The van der Waals surface area contributed by atoms with Gasteiger partial charge in [0.15, 0.2) is 11.9 Å². The number of thiophene rings is 1. The van der Waals surface area contributed by atoms with Crippen LogP contribution in [0.2, 0.25) is 4.34 Å². The van der Waals surface area contributed by atoms with Gasteiger partial charge in [0.1, 0.15) is 12.4 Å². The Kier molecular flexibility index (Phi) is 7.89. The number of benzene rings is 2. The molecule has 0 saturated heterocycles. The lowest BCUT2D eigenvalue weighted by molar-refractivity contribution is -0.164. The summed E-state index contributed by atoms with van der Waals surface area (Å²) >= 11 is 6.99. The summed E-state index contributed by atoms with van der Waals surface area (Å²) in [6.07, 6.45) is -10.1. The molecule has 15 heteroatoms. The molecule has 1 amide bonds. The molecule has 0 aliphatic rings. The Balaban J connectivity index is 1.66. The van der Waals surface area contributed by atoms with E-state index >= 15 is 0 Å². The minimum atomic E-state index is -5.16. The summed E-state index contributed by atoms with van der Waals surface area (Å²) in [5.74, 6) is -1.99. The number of rotatable bonds is 7. The molecule has 2 heterocycles. The third-order valence-electron chi connectivity index (χ3n) is 5.48. The summed E-state index contributed by atoms with van der Waals surface area (Å²) in [5.41, 5.74) is -3.01. The molecule has 1 N–H and O–H groups in total. The van der Waals surface area contributed by atoms with Crippen molar-refractivity contribution in [1.29, 1.82) is 0 Å². The lowest BCUT2D eigenvalue weighted by atomic mass is 10.0. The maximum absolute atomic E-state index is 14.3. The number of halogens is 8. The van der Waals surface area contributed by atoms with E-state index in [9.17, 15) is 40.3 Å². The summed E-state index contributed by atoms with van der Waals surface area (Å²) in [6, 6.07) is 8.26. The minimum Gasteiger partial charge on any atom is -0.339 e. The van der Waals surface area contributed by atoms with E-state index in [0.29, 0.717) is 20.0 Å². The van der Waals surface area contributed by atoms with Gasteiger partial charge in [-0.1, -0.05) is 41.9 Å². The van der Waals surface area contributed by atoms with Crippen LogP contribution in [0.25, 0.3) is 10.7 Å². The average molecular weight is 593 g/mol. The standard InChI is InChI=1S/C24H16ClF7N4O2S/c25-18-9-8-17(39-18)21-34-36(22(38)35(21)11-14-4-1-2-7-16(14)26)12-19(37)33-20(24(30,31)32)13-5-3-6-15(10-13)23(27,28)29/h1-10,20H,11-12H2,(H,33,37). The second-order valence-electron chi connectivity index (χ2n) is 8.21. The van der Waals surface area contributed by atoms with E-state index in [2.05, 4.69) is 5.10 Å². The Morgan fingerprint density at radius 1 is 1.03 bits per heavy atom. The molecule has 1 unspecified atom stereocenters. The van der Waals surface area contributed by atoms with Crippen molar-refractivity contribution < 1.29 is 35.5 Å². The highest BCUT2D eigenvalue weighted by atomic mass is 35.5. The number of carbonyl (C=O) groups is 1. The van der Waals surface area contributed by atoms with Gasteiger partial charge in [-0.2, -0.15) is 26.3 Å². The van der Waals surface area contributed by atoms with Crippen LogP contribution in [0.5, 0.6) is 0 Å². The van der Waals surface area contributed by atoms with Gasteiger partial charge in [0.05, 0.1) is 21.3 Å². The van der Waals surface area contributed by atoms with Crippen molar-refractivity contribution in [3.63, 3.8) is 0 Å². The maximum Gasteiger partial charge on any atom is 0.416 e. The van der Waals surface area contributed by atoms with Crippen molar-refractivity contribution in [2.75, 3.05) is 0 Å². The van der Waals surface area contributed by atoms with E-state index in [1.165, 1.54) is 36.4 Å². The Labute approximate surface area is 224 Å². The second-order valence-corrected chi connectivity index (χ2v) is 9.93. The molecule has 4 rings (SSSR count). The Hall–Kier alpha value is -3.65. The Morgan fingerprint density at radius 3 is 2.36 bits per heavy atom. The van der Waals surface area contributed by atoms with Crippen LogP contribution < -0.4 is 11.0 Å². The van der Waals surface area contributed by atoms with Crippen LogP contribution in [0, 0.1) is 5.82 Å². The van der Waals surface area contributed by atoms with Crippen LogP contribution in [0.1, 0.15) is 22.7 Å². The monoisotopic (exact) mass is 592 g/mol. The minimum absolute atomic E-state index is 0.0156. The normalized spacial score (nSPS) is 12.9. The Bertz CT molecular complexity index is 1560. The van der Waals surface area contributed by atoms with Gasteiger partial charge >= 0.3 is 18.0 Å². The molecule has 1 atom stereocenters. The number of aromatic nitrogens is 3. The maximum atomic E-state index is 14.3. The number of amides is 1. The van der Waals surface area contributed by atoms with Crippen LogP contribution in [0.15, 0.2) is 65.5 Å². The van der Waals surface area contributed by atoms with Gasteiger partial charge in [-0.05, 0) is 35.9 Å². The second kappa shape index (κ2) is 10.8. The van der Waals surface area contributed by atoms with Crippen LogP contribution in [-0.4, -0.2) is 26.4 Å². The van der Waals surface area contributed by atoms with Crippen molar-refractivity contribution in [3.8, 4) is 10.7 Å². The topological polar surface area (TPSA) is 68.9 Å². The summed E-state index contributed by atoms with van der Waals surface area (Å²) in [4.78, 5) is 26.1. The molecular weight excluding hydrogens is 577 g/mol.